The first-order valence-corrected chi connectivity index (χ1v) is 9.50. The Kier molecular flexibility index (Phi) is 9.73. The molecule has 21 heavy (non-hydrogen) atoms. The average Bonchev–Trinajstić information content (AvgIpc) is 2.29. The molecule has 0 aromatic rings. The molecule has 0 aliphatic carbocycles. The van der Waals surface area contributed by atoms with Crippen LogP contribution in [0.25, 0.3) is 0 Å². The fourth-order valence-electron chi connectivity index (χ4n) is 1.71. The van der Waals surface area contributed by atoms with Gasteiger partial charge in [-0.3, -0.25) is 4.79 Å². The zero-order chi connectivity index (χ0) is 16.5. The molecule has 0 heterocycles. The first-order valence-electron chi connectivity index (χ1n) is 8.09. The molecule has 2 unspecified atom stereocenters. The zero-order valence-corrected chi connectivity index (χ0v) is 16.1. The van der Waals surface area contributed by atoms with E-state index < -0.39 is 0 Å². The van der Waals surface area contributed by atoms with Crippen molar-refractivity contribution in [2.24, 2.45) is 10.8 Å². The Bertz CT molecular complexity index is 292. The van der Waals surface area contributed by atoms with Crippen molar-refractivity contribution < 1.29 is 9.53 Å². The van der Waals surface area contributed by atoms with Crippen molar-refractivity contribution >= 4 is 14.5 Å². The number of carbonyl (C=O) groups is 1. The van der Waals surface area contributed by atoms with Gasteiger partial charge >= 0.3 is 0 Å². The number of nitrogens with one attached hydrogen (secondary N) is 1. The largest absolute Gasteiger partial charge is 0.374 e. The third kappa shape index (κ3) is 16.1. The van der Waals surface area contributed by atoms with E-state index in [-0.39, 0.29) is 17.4 Å². The van der Waals surface area contributed by atoms with Crippen molar-refractivity contribution in [2.45, 2.75) is 73.8 Å². The van der Waals surface area contributed by atoms with E-state index in [0.29, 0.717) is 11.8 Å². The summed E-state index contributed by atoms with van der Waals surface area (Å²) in [5.41, 5.74) is 0.662. The van der Waals surface area contributed by atoms with Crippen LogP contribution >= 0.6 is 8.58 Å². The van der Waals surface area contributed by atoms with Crippen LogP contribution in [0.3, 0.4) is 0 Å². The third-order valence-corrected chi connectivity index (χ3v) is 4.78. The maximum absolute atomic E-state index is 11.7. The van der Waals surface area contributed by atoms with E-state index in [2.05, 4.69) is 53.8 Å². The maximum Gasteiger partial charge on any atom is 0.220 e. The number of ether oxygens (including phenoxy) is 1. The van der Waals surface area contributed by atoms with Crippen molar-refractivity contribution in [1.29, 1.82) is 0 Å². The van der Waals surface area contributed by atoms with Gasteiger partial charge in [-0.1, -0.05) is 50.1 Å². The summed E-state index contributed by atoms with van der Waals surface area (Å²) >= 11 is 0. The standard InChI is InChI=1S/C17H36NO2P/c1-14(20-13-21-12-17(5,6)7)8-9-15(19)18-11-10-16(2,3)4/h14,21H,8-13H2,1-7H3,(H,18,19). The van der Waals surface area contributed by atoms with Gasteiger partial charge in [-0.05, 0) is 36.8 Å². The Morgan fingerprint density at radius 1 is 1.14 bits per heavy atom. The summed E-state index contributed by atoms with van der Waals surface area (Å²) in [6.45, 7) is 16.2. The van der Waals surface area contributed by atoms with Crippen LogP contribution in [0.4, 0.5) is 0 Å². The molecule has 0 aromatic carbocycles. The summed E-state index contributed by atoms with van der Waals surface area (Å²) in [6.07, 6.45) is 4.58. The second-order valence-electron chi connectivity index (χ2n) is 8.31. The second-order valence-corrected chi connectivity index (χ2v) is 9.45. The quantitative estimate of drug-likeness (QED) is 0.505. The van der Waals surface area contributed by atoms with Crippen molar-refractivity contribution in [3.63, 3.8) is 0 Å². The van der Waals surface area contributed by atoms with Crippen LogP contribution in [-0.4, -0.2) is 31.1 Å². The van der Waals surface area contributed by atoms with Crippen LogP contribution in [0.2, 0.25) is 0 Å². The molecule has 1 N–H and O–H groups in total. The highest BCUT2D eigenvalue weighted by Crippen LogP contribution is 2.25. The minimum Gasteiger partial charge on any atom is -0.374 e. The molecule has 0 bridgehead atoms. The van der Waals surface area contributed by atoms with Crippen molar-refractivity contribution in [3.8, 4) is 0 Å². The predicted octanol–water partition coefficient (Wildman–Crippen LogP) is 4.41. The molecule has 0 saturated heterocycles. The second kappa shape index (κ2) is 9.79. The highest BCUT2D eigenvalue weighted by atomic mass is 31.1. The molecule has 0 spiro atoms. The minimum absolute atomic E-state index is 0.145. The van der Waals surface area contributed by atoms with Crippen LogP contribution in [0.5, 0.6) is 0 Å². The van der Waals surface area contributed by atoms with Crippen LogP contribution < -0.4 is 5.32 Å². The van der Waals surface area contributed by atoms with Crippen molar-refractivity contribution in [2.75, 3.05) is 19.1 Å². The zero-order valence-electron chi connectivity index (χ0n) is 15.1. The van der Waals surface area contributed by atoms with Gasteiger partial charge in [0.1, 0.15) is 0 Å². The molecule has 2 atom stereocenters. The summed E-state index contributed by atoms with van der Waals surface area (Å²) in [4.78, 5) is 11.7. The SMILES string of the molecule is CC(CCC(=O)NCCC(C)(C)C)OCPCC(C)(C)C. The Hall–Kier alpha value is -0.140. The first-order chi connectivity index (χ1) is 9.49. The lowest BCUT2D eigenvalue weighted by Gasteiger charge is -2.19. The molecule has 0 radical (unpaired) electrons. The van der Waals surface area contributed by atoms with Crippen LogP contribution in [0.1, 0.15) is 67.7 Å². The summed E-state index contributed by atoms with van der Waals surface area (Å²) in [5.74, 6) is 0.145. The number of hydrogen-bond acceptors (Lipinski definition) is 2. The van der Waals surface area contributed by atoms with E-state index in [4.69, 9.17) is 4.74 Å². The summed E-state index contributed by atoms with van der Waals surface area (Å²) in [5, 5.41) is 2.99. The molecular weight excluding hydrogens is 281 g/mol. The Morgan fingerprint density at radius 2 is 1.76 bits per heavy atom. The van der Waals surface area contributed by atoms with E-state index in [1.807, 2.05) is 0 Å². The van der Waals surface area contributed by atoms with Gasteiger partial charge < -0.3 is 10.1 Å². The van der Waals surface area contributed by atoms with Crippen molar-refractivity contribution in [3.05, 3.63) is 0 Å². The van der Waals surface area contributed by atoms with E-state index in [1.54, 1.807) is 0 Å². The summed E-state index contributed by atoms with van der Waals surface area (Å²) < 4.78 is 5.78. The van der Waals surface area contributed by atoms with Gasteiger partial charge in [-0.25, -0.2) is 0 Å². The third-order valence-electron chi connectivity index (χ3n) is 3.10. The van der Waals surface area contributed by atoms with Crippen LogP contribution in [0.15, 0.2) is 0 Å². The minimum atomic E-state index is 0.145. The molecule has 126 valence electrons. The van der Waals surface area contributed by atoms with Gasteiger partial charge in [-0.2, -0.15) is 0 Å². The van der Waals surface area contributed by atoms with Gasteiger partial charge in [0.15, 0.2) is 0 Å². The molecule has 4 heteroatoms. The van der Waals surface area contributed by atoms with Crippen molar-refractivity contribution in [1.82, 2.24) is 5.32 Å². The van der Waals surface area contributed by atoms with E-state index in [1.165, 1.54) is 6.16 Å². The summed E-state index contributed by atoms with van der Waals surface area (Å²) in [6, 6.07) is 0. The number of carbonyl (C=O) groups excluding carboxylic acids is 1. The summed E-state index contributed by atoms with van der Waals surface area (Å²) in [7, 11) is 0.846. The fourth-order valence-corrected chi connectivity index (χ4v) is 2.96. The normalized spacial score (nSPS) is 14.6. The van der Waals surface area contributed by atoms with E-state index >= 15 is 0 Å². The van der Waals surface area contributed by atoms with Gasteiger partial charge in [0.05, 0.1) is 12.5 Å². The topological polar surface area (TPSA) is 38.3 Å². The Morgan fingerprint density at radius 3 is 2.29 bits per heavy atom. The van der Waals surface area contributed by atoms with Gasteiger partial charge in [0.25, 0.3) is 0 Å². The molecule has 3 nitrogen and oxygen atoms in total. The highest BCUT2D eigenvalue weighted by molar-refractivity contribution is 7.37. The lowest BCUT2D eigenvalue weighted by atomic mass is 9.92. The smallest absolute Gasteiger partial charge is 0.220 e. The number of hydrogen-bond donors (Lipinski definition) is 1. The van der Waals surface area contributed by atoms with E-state index in [0.717, 1.165) is 34.3 Å². The van der Waals surface area contributed by atoms with E-state index in [9.17, 15) is 4.79 Å². The average molecular weight is 317 g/mol. The molecule has 0 aromatic heterocycles. The molecular formula is C17H36NO2P. The Balaban J connectivity index is 3.59. The maximum atomic E-state index is 11.7. The molecule has 0 saturated carbocycles. The first kappa shape index (κ1) is 20.9. The lowest BCUT2D eigenvalue weighted by Crippen LogP contribution is -2.27. The fraction of sp³-hybridized carbons (Fsp3) is 0.941. The lowest BCUT2D eigenvalue weighted by molar-refractivity contribution is -0.121. The van der Waals surface area contributed by atoms with Gasteiger partial charge in [0, 0.05) is 13.0 Å². The Labute approximate surface area is 133 Å². The number of amides is 1. The molecule has 0 rings (SSSR count). The predicted molar refractivity (Wildman–Crippen MR) is 94.4 cm³/mol. The van der Waals surface area contributed by atoms with Gasteiger partial charge in [-0.15, -0.1) is 0 Å². The molecule has 0 fully saturated rings. The van der Waals surface area contributed by atoms with Gasteiger partial charge in [0.2, 0.25) is 5.91 Å². The number of rotatable bonds is 9. The molecule has 1 amide bonds. The monoisotopic (exact) mass is 317 g/mol. The molecule has 0 aliphatic rings. The van der Waals surface area contributed by atoms with Crippen LogP contribution in [0, 0.1) is 10.8 Å². The highest BCUT2D eigenvalue weighted by Gasteiger charge is 2.12. The molecule has 0 aliphatic heterocycles. The van der Waals surface area contributed by atoms with Crippen LogP contribution in [-0.2, 0) is 9.53 Å².